The average molecular weight is 223 g/mol. The number of aliphatic carboxylic acids is 1. The zero-order valence-corrected chi connectivity index (χ0v) is 8.25. The summed E-state index contributed by atoms with van der Waals surface area (Å²) >= 11 is 0. The van der Waals surface area contributed by atoms with Gasteiger partial charge in [0.05, 0.1) is 10.5 Å². The molecule has 1 aromatic carbocycles. The number of carboxylic acid groups (broad SMARTS) is 1. The average Bonchev–Trinajstić information content (AvgIpc) is 2.26. The summed E-state index contributed by atoms with van der Waals surface area (Å²) < 4.78 is 5.06. The van der Waals surface area contributed by atoms with Gasteiger partial charge in [0.25, 0.3) is 5.69 Å². The molecule has 0 amide bonds. The third-order valence-corrected chi connectivity index (χ3v) is 1.76. The highest BCUT2D eigenvalue weighted by molar-refractivity contribution is 5.86. The Bertz CT molecular complexity index is 423. The Kier molecular flexibility index (Phi) is 3.60. The summed E-state index contributed by atoms with van der Waals surface area (Å²) in [5, 5.41) is 18.8. The van der Waals surface area contributed by atoms with Crippen LogP contribution in [0.3, 0.4) is 0 Å². The summed E-state index contributed by atoms with van der Waals surface area (Å²) in [6, 6.07) is 5.35. The number of non-ortho nitro benzene ring substituents is 1. The van der Waals surface area contributed by atoms with Crippen LogP contribution in [0.4, 0.5) is 5.69 Å². The topological polar surface area (TPSA) is 89.7 Å². The third kappa shape index (κ3) is 3.09. The summed E-state index contributed by atoms with van der Waals surface area (Å²) in [5.41, 5.74) is -0.136. The third-order valence-electron chi connectivity index (χ3n) is 1.76. The Hall–Kier alpha value is -2.37. The number of benzene rings is 1. The van der Waals surface area contributed by atoms with Crippen LogP contribution in [0.15, 0.2) is 36.4 Å². The predicted molar refractivity (Wildman–Crippen MR) is 55.4 cm³/mol. The summed E-state index contributed by atoms with van der Waals surface area (Å²) in [5.74, 6) is -0.782. The van der Waals surface area contributed by atoms with E-state index in [1.165, 1.54) is 24.3 Å². The van der Waals surface area contributed by atoms with Crippen molar-refractivity contribution in [3.05, 3.63) is 46.5 Å². The van der Waals surface area contributed by atoms with Crippen molar-refractivity contribution in [1.29, 1.82) is 0 Å². The normalized spacial score (nSPS) is 9.50. The molecule has 0 unspecified atom stereocenters. The van der Waals surface area contributed by atoms with Gasteiger partial charge in [0.15, 0.2) is 0 Å². The monoisotopic (exact) mass is 223 g/mol. The minimum atomic E-state index is -1.14. The Labute approximate surface area is 90.9 Å². The van der Waals surface area contributed by atoms with Crippen molar-refractivity contribution >= 4 is 11.7 Å². The van der Waals surface area contributed by atoms with Gasteiger partial charge in [-0.05, 0) is 12.1 Å². The van der Waals surface area contributed by atoms with Crippen molar-refractivity contribution < 1.29 is 19.6 Å². The van der Waals surface area contributed by atoms with E-state index in [-0.39, 0.29) is 17.9 Å². The Balaban J connectivity index is 2.59. The fourth-order valence-corrected chi connectivity index (χ4v) is 0.896. The fraction of sp³-hybridized carbons (Fsp3) is 0.100. The molecule has 0 bridgehead atoms. The van der Waals surface area contributed by atoms with Gasteiger partial charge in [-0.15, -0.1) is 0 Å². The second-order valence-corrected chi connectivity index (χ2v) is 2.95. The van der Waals surface area contributed by atoms with E-state index in [0.717, 1.165) is 0 Å². The van der Waals surface area contributed by atoms with E-state index in [0.29, 0.717) is 5.75 Å². The minimum Gasteiger partial charge on any atom is -0.489 e. The van der Waals surface area contributed by atoms with Crippen LogP contribution in [0.2, 0.25) is 0 Å². The molecule has 0 heterocycles. The first-order valence-corrected chi connectivity index (χ1v) is 4.29. The van der Waals surface area contributed by atoms with Gasteiger partial charge in [-0.3, -0.25) is 10.1 Å². The molecule has 16 heavy (non-hydrogen) atoms. The first-order chi connectivity index (χ1) is 7.50. The minimum absolute atomic E-state index is 0.0515. The van der Waals surface area contributed by atoms with E-state index < -0.39 is 10.9 Å². The molecule has 1 rings (SSSR count). The molecule has 6 heteroatoms. The molecule has 0 aromatic heterocycles. The smallest absolute Gasteiger partial charge is 0.334 e. The lowest BCUT2D eigenvalue weighted by molar-refractivity contribution is -0.384. The molecule has 1 N–H and O–H groups in total. The van der Waals surface area contributed by atoms with Gasteiger partial charge in [-0.1, -0.05) is 6.58 Å². The molecular weight excluding hydrogens is 214 g/mol. The Morgan fingerprint density at radius 1 is 1.44 bits per heavy atom. The van der Waals surface area contributed by atoms with E-state index in [1.54, 1.807) is 0 Å². The lowest BCUT2D eigenvalue weighted by Gasteiger charge is -2.04. The van der Waals surface area contributed by atoms with Gasteiger partial charge in [0.2, 0.25) is 0 Å². The van der Waals surface area contributed by atoms with Crippen LogP contribution in [-0.2, 0) is 4.79 Å². The number of nitro groups is 1. The number of carbonyl (C=O) groups is 1. The molecule has 1 aromatic rings. The first kappa shape index (κ1) is 11.7. The van der Waals surface area contributed by atoms with Crippen LogP contribution in [0.5, 0.6) is 5.75 Å². The van der Waals surface area contributed by atoms with Crippen LogP contribution in [-0.4, -0.2) is 22.6 Å². The predicted octanol–water partition coefficient (Wildman–Crippen LogP) is 1.61. The molecular formula is C10H9NO5. The van der Waals surface area contributed by atoms with Gasteiger partial charge in [-0.2, -0.15) is 0 Å². The van der Waals surface area contributed by atoms with E-state index in [9.17, 15) is 14.9 Å². The molecule has 6 nitrogen and oxygen atoms in total. The molecule has 0 spiro atoms. The number of rotatable bonds is 5. The number of nitro benzene ring substituents is 1. The molecule has 0 aliphatic rings. The van der Waals surface area contributed by atoms with E-state index in [2.05, 4.69) is 6.58 Å². The second kappa shape index (κ2) is 4.92. The molecule has 0 atom stereocenters. The molecule has 0 saturated heterocycles. The number of nitrogens with zero attached hydrogens (tertiary/aromatic N) is 1. The maximum Gasteiger partial charge on any atom is 0.334 e. The van der Waals surface area contributed by atoms with Gasteiger partial charge >= 0.3 is 5.97 Å². The van der Waals surface area contributed by atoms with Gasteiger partial charge in [0.1, 0.15) is 12.4 Å². The highest BCUT2D eigenvalue weighted by Crippen LogP contribution is 2.17. The van der Waals surface area contributed by atoms with Gasteiger partial charge in [0, 0.05) is 12.1 Å². The maximum absolute atomic E-state index is 10.4. The van der Waals surface area contributed by atoms with Crippen LogP contribution < -0.4 is 4.74 Å². The maximum atomic E-state index is 10.4. The Morgan fingerprint density at radius 3 is 2.44 bits per heavy atom. The quantitative estimate of drug-likeness (QED) is 0.465. The van der Waals surface area contributed by atoms with Gasteiger partial charge < -0.3 is 9.84 Å². The zero-order valence-electron chi connectivity index (χ0n) is 8.25. The lowest BCUT2D eigenvalue weighted by atomic mass is 10.3. The SMILES string of the molecule is C=C(COc1ccc([N+](=O)[O-])cc1)C(=O)O. The Morgan fingerprint density at radius 2 is 2.00 bits per heavy atom. The van der Waals surface area contributed by atoms with Crippen LogP contribution in [0.25, 0.3) is 0 Å². The summed E-state index contributed by atoms with van der Waals surface area (Å²) in [7, 11) is 0. The van der Waals surface area contributed by atoms with E-state index in [1.807, 2.05) is 0 Å². The fourth-order valence-electron chi connectivity index (χ4n) is 0.896. The molecule has 0 aliphatic carbocycles. The molecule has 0 fully saturated rings. The molecule has 0 aliphatic heterocycles. The van der Waals surface area contributed by atoms with Crippen molar-refractivity contribution in [3.8, 4) is 5.75 Å². The van der Waals surface area contributed by atoms with Crippen molar-refractivity contribution in [3.63, 3.8) is 0 Å². The summed E-state index contributed by atoms with van der Waals surface area (Å²) in [6.45, 7) is 3.12. The molecule has 84 valence electrons. The van der Waals surface area contributed by atoms with Crippen molar-refractivity contribution in [2.45, 2.75) is 0 Å². The molecule has 0 saturated carbocycles. The largest absolute Gasteiger partial charge is 0.489 e. The summed E-state index contributed by atoms with van der Waals surface area (Å²) in [4.78, 5) is 20.2. The van der Waals surface area contributed by atoms with Gasteiger partial charge in [-0.25, -0.2) is 4.79 Å². The second-order valence-electron chi connectivity index (χ2n) is 2.95. The van der Waals surface area contributed by atoms with Crippen LogP contribution in [0.1, 0.15) is 0 Å². The first-order valence-electron chi connectivity index (χ1n) is 4.29. The summed E-state index contributed by atoms with van der Waals surface area (Å²) in [6.07, 6.45) is 0. The number of ether oxygens (including phenoxy) is 1. The zero-order chi connectivity index (χ0) is 12.1. The van der Waals surface area contributed by atoms with Crippen LogP contribution in [0, 0.1) is 10.1 Å². The number of carboxylic acids is 1. The number of hydrogen-bond donors (Lipinski definition) is 1. The standard InChI is InChI=1S/C10H9NO5/c1-7(10(12)13)6-16-9-4-2-8(3-5-9)11(14)15/h2-5H,1,6H2,(H,12,13). The van der Waals surface area contributed by atoms with Crippen LogP contribution >= 0.6 is 0 Å². The highest BCUT2D eigenvalue weighted by Gasteiger charge is 2.07. The van der Waals surface area contributed by atoms with Crippen molar-refractivity contribution in [2.24, 2.45) is 0 Å². The molecule has 0 radical (unpaired) electrons. The van der Waals surface area contributed by atoms with Crippen molar-refractivity contribution in [1.82, 2.24) is 0 Å². The van der Waals surface area contributed by atoms with E-state index in [4.69, 9.17) is 9.84 Å². The van der Waals surface area contributed by atoms with E-state index >= 15 is 0 Å². The lowest BCUT2D eigenvalue weighted by Crippen LogP contribution is -2.08. The van der Waals surface area contributed by atoms with Crippen molar-refractivity contribution in [2.75, 3.05) is 6.61 Å². The number of hydrogen-bond acceptors (Lipinski definition) is 4. The highest BCUT2D eigenvalue weighted by atomic mass is 16.6.